The Morgan fingerprint density at radius 1 is 1.06 bits per heavy atom. The Balaban J connectivity index is 1.16. The normalized spacial score (nSPS) is 16.7. The number of carbonyl (C=O) groups is 1. The van der Waals surface area contributed by atoms with Gasteiger partial charge in [-0.1, -0.05) is 92.6 Å². The number of hydrogen-bond acceptors (Lipinski definition) is 7. The van der Waals surface area contributed by atoms with Crippen LogP contribution in [0, 0.1) is 11.8 Å². The van der Waals surface area contributed by atoms with Gasteiger partial charge in [-0.2, -0.15) is 0 Å². The fraction of sp³-hybridized carbons (Fsp3) is 0.372. The number of unbranched alkanes of at least 4 members (excludes halogenated alkanes) is 2. The Morgan fingerprint density at radius 2 is 1.90 bits per heavy atom. The zero-order chi connectivity index (χ0) is 36.5. The number of rotatable bonds is 16. The average Bonchev–Trinajstić information content (AvgIpc) is 3.73. The first-order valence-electron chi connectivity index (χ1n) is 18.4. The van der Waals surface area contributed by atoms with Gasteiger partial charge in [-0.15, -0.1) is 0 Å². The maximum atomic E-state index is 12.6. The molecule has 272 valence electrons. The lowest BCUT2D eigenvalue weighted by Gasteiger charge is -2.21. The van der Waals surface area contributed by atoms with E-state index >= 15 is 0 Å². The van der Waals surface area contributed by atoms with Crippen molar-refractivity contribution in [3.05, 3.63) is 119 Å². The lowest BCUT2D eigenvalue weighted by Crippen LogP contribution is -2.30. The Kier molecular flexibility index (Phi) is 12.5. The zero-order valence-electron chi connectivity index (χ0n) is 29.9. The van der Waals surface area contributed by atoms with E-state index in [9.17, 15) is 20.1 Å². The van der Waals surface area contributed by atoms with Gasteiger partial charge in [-0.3, -0.25) is 10.1 Å². The second kappa shape index (κ2) is 17.6. The van der Waals surface area contributed by atoms with Gasteiger partial charge in [0.1, 0.15) is 11.9 Å². The predicted octanol–water partition coefficient (Wildman–Crippen LogP) is 6.91. The third-order valence-corrected chi connectivity index (χ3v) is 9.85. The van der Waals surface area contributed by atoms with Crippen LogP contribution in [0.2, 0.25) is 0 Å². The summed E-state index contributed by atoms with van der Waals surface area (Å²) in [6.07, 6.45) is 9.68. The molecule has 2 bridgehead atoms. The minimum Gasteiger partial charge on any atom is -0.504 e. The lowest BCUT2D eigenvalue weighted by atomic mass is 9.94. The predicted molar refractivity (Wildman–Crippen MR) is 204 cm³/mol. The van der Waals surface area contributed by atoms with Crippen molar-refractivity contribution in [2.75, 3.05) is 6.54 Å². The van der Waals surface area contributed by atoms with Crippen LogP contribution in [-0.2, 0) is 24.1 Å². The van der Waals surface area contributed by atoms with Gasteiger partial charge in [0.25, 0.3) is 0 Å². The molecule has 9 nitrogen and oxygen atoms in total. The molecule has 6 rings (SSSR count). The van der Waals surface area contributed by atoms with Crippen molar-refractivity contribution in [2.24, 2.45) is 5.73 Å². The summed E-state index contributed by atoms with van der Waals surface area (Å²) in [4.78, 5) is 16.0. The summed E-state index contributed by atoms with van der Waals surface area (Å²) in [5, 5.41) is 36.8. The minimum absolute atomic E-state index is 0.0158. The molecule has 0 unspecified atom stereocenters. The van der Waals surface area contributed by atoms with Crippen molar-refractivity contribution in [1.29, 1.82) is 0 Å². The molecular formula is C43H50N4O5. The Morgan fingerprint density at radius 3 is 2.73 bits per heavy atom. The van der Waals surface area contributed by atoms with E-state index in [1.165, 1.54) is 5.56 Å². The fourth-order valence-corrected chi connectivity index (χ4v) is 6.84. The first-order valence-corrected chi connectivity index (χ1v) is 18.4. The van der Waals surface area contributed by atoms with Crippen molar-refractivity contribution < 1.29 is 24.9 Å². The van der Waals surface area contributed by atoms with Crippen LogP contribution < -0.4 is 15.8 Å². The molecule has 5 aromatic rings. The molecule has 0 spiro atoms. The van der Waals surface area contributed by atoms with E-state index in [2.05, 4.69) is 47.3 Å². The van der Waals surface area contributed by atoms with E-state index in [1.54, 1.807) is 18.2 Å². The number of ketones is 1. The standard InChI is InChI=1S/C43H50N4O5/c1-2-3-5-11-34(48)25-35(49)17-14-30-15-19-40(51)41(22-30)52-42-13-8-12-39(50)36-18-16-31(43(44)45-21-20-29-9-6-4-7-10-29)23-32(36)24-33-26-46-38-28-47(42)27-37(33)38/h4,6-7,9-10,15-16,18-19,22-23,26-28,34,39,42-43,45-46,48,50-51H,2-3,5,11,13-14,17,20-21,24-25,44H2,1H3/t34-,39+,42-,43-/m1/s1. The number of nitrogens with one attached hydrogen (secondary N) is 2. The Labute approximate surface area is 305 Å². The van der Waals surface area contributed by atoms with Crippen LogP contribution in [0.4, 0.5) is 0 Å². The molecule has 0 amide bonds. The number of nitrogens with zero attached hydrogens (tertiary/aromatic N) is 1. The molecule has 3 heterocycles. The second-order valence-corrected chi connectivity index (χ2v) is 13.8. The number of Topliss-reactive ketones (excluding diaryl/α,β-unsaturated/α-hetero) is 1. The van der Waals surface area contributed by atoms with Crippen LogP contribution >= 0.6 is 0 Å². The topological polar surface area (TPSA) is 146 Å². The monoisotopic (exact) mass is 702 g/mol. The van der Waals surface area contributed by atoms with E-state index in [0.717, 1.165) is 70.9 Å². The maximum Gasteiger partial charge on any atom is 0.186 e. The number of H-pyrrole nitrogens is 1. The Bertz CT molecular complexity index is 2010. The molecule has 2 aromatic heterocycles. The van der Waals surface area contributed by atoms with Gasteiger partial charge in [0, 0.05) is 49.8 Å². The number of aromatic amines is 1. The fourth-order valence-electron chi connectivity index (χ4n) is 6.84. The summed E-state index contributed by atoms with van der Waals surface area (Å²) in [7, 11) is 0. The number of aliphatic hydroxyl groups is 2. The summed E-state index contributed by atoms with van der Waals surface area (Å²) >= 11 is 0. The number of carbonyl (C=O) groups excluding carboxylic acids is 1. The van der Waals surface area contributed by atoms with Crippen LogP contribution in [0.15, 0.2) is 85.3 Å². The van der Waals surface area contributed by atoms with Crippen LogP contribution in [0.25, 0.3) is 10.9 Å². The highest BCUT2D eigenvalue weighted by atomic mass is 16.5. The first kappa shape index (κ1) is 36.9. The van der Waals surface area contributed by atoms with Gasteiger partial charge in [0.2, 0.25) is 0 Å². The largest absolute Gasteiger partial charge is 0.504 e. The van der Waals surface area contributed by atoms with Crippen LogP contribution in [0.3, 0.4) is 0 Å². The summed E-state index contributed by atoms with van der Waals surface area (Å²) in [5.41, 5.74) is 13.3. The Hall–Kier alpha value is -4.85. The molecule has 9 heteroatoms. The number of fused-ring (bicyclic) bond motifs is 2. The molecule has 3 aromatic carbocycles. The number of aryl methyl sites for hydroxylation is 1. The summed E-state index contributed by atoms with van der Waals surface area (Å²) in [5.74, 6) is 6.44. The lowest BCUT2D eigenvalue weighted by molar-refractivity contribution is -0.121. The van der Waals surface area contributed by atoms with Crippen LogP contribution in [-0.4, -0.2) is 43.3 Å². The van der Waals surface area contributed by atoms with Gasteiger partial charge in [0.15, 0.2) is 17.7 Å². The molecule has 0 aliphatic carbocycles. The number of ether oxygens (including phenoxy) is 1. The van der Waals surface area contributed by atoms with E-state index in [-0.39, 0.29) is 36.3 Å². The van der Waals surface area contributed by atoms with Crippen LogP contribution in [0.5, 0.6) is 11.5 Å². The van der Waals surface area contributed by atoms with Crippen LogP contribution in [0.1, 0.15) is 104 Å². The first-order chi connectivity index (χ1) is 25.3. The summed E-state index contributed by atoms with van der Waals surface area (Å²) < 4.78 is 8.35. The highest BCUT2D eigenvalue weighted by molar-refractivity contribution is 5.83. The number of benzene rings is 3. The van der Waals surface area contributed by atoms with Crippen molar-refractivity contribution in [2.45, 2.75) is 95.7 Å². The maximum absolute atomic E-state index is 12.6. The number of aromatic nitrogens is 2. The van der Waals surface area contributed by atoms with Crippen molar-refractivity contribution in [3.63, 3.8) is 0 Å². The molecule has 0 fully saturated rings. The van der Waals surface area contributed by atoms with Gasteiger partial charge < -0.3 is 35.3 Å². The minimum atomic E-state index is -1.02. The molecule has 1 aliphatic heterocycles. The van der Waals surface area contributed by atoms with E-state index in [4.69, 9.17) is 10.5 Å². The quantitative estimate of drug-likeness (QED) is 0.0373. The molecule has 7 N–H and O–H groups in total. The van der Waals surface area contributed by atoms with Crippen molar-refractivity contribution in [1.82, 2.24) is 14.9 Å². The highest BCUT2D eigenvalue weighted by Gasteiger charge is 2.21. The number of phenolic OH excluding ortho intramolecular Hbond substituents is 1. The molecule has 0 radical (unpaired) electrons. The molecule has 0 saturated heterocycles. The summed E-state index contributed by atoms with van der Waals surface area (Å²) in [6.45, 7) is 2.85. The number of phenols is 1. The van der Waals surface area contributed by atoms with E-state index in [0.29, 0.717) is 25.7 Å². The molecule has 52 heavy (non-hydrogen) atoms. The number of hydrogen-bond donors (Lipinski definition) is 6. The third kappa shape index (κ3) is 9.52. The van der Waals surface area contributed by atoms with Gasteiger partial charge >= 0.3 is 0 Å². The van der Waals surface area contributed by atoms with Gasteiger partial charge in [-0.05, 0) is 64.8 Å². The second-order valence-electron chi connectivity index (χ2n) is 13.8. The summed E-state index contributed by atoms with van der Waals surface area (Å²) in [6, 6.07) is 21.3. The number of nitrogens with two attached hydrogens (primary N) is 1. The molecule has 0 saturated carbocycles. The van der Waals surface area contributed by atoms with E-state index < -0.39 is 18.4 Å². The highest BCUT2D eigenvalue weighted by Crippen LogP contribution is 2.34. The third-order valence-electron chi connectivity index (χ3n) is 9.85. The molecule has 1 aliphatic rings. The van der Waals surface area contributed by atoms with Gasteiger partial charge in [0.05, 0.1) is 24.2 Å². The molecule has 4 atom stereocenters. The average molecular weight is 703 g/mol. The van der Waals surface area contributed by atoms with E-state index in [1.807, 2.05) is 53.5 Å². The number of aliphatic hydroxyl groups excluding tert-OH is 2. The molecular weight excluding hydrogens is 652 g/mol. The van der Waals surface area contributed by atoms with Crippen molar-refractivity contribution >= 4 is 16.7 Å². The SMILES string of the molecule is CCCCC[C@@H](O)CC(=O)CCc1ccc(O)c(O[C@@H]2CC#C[C@H](O)c3ccc([C@H](N)NCCc4ccccc4)cc3Cc3c[nH]c4cn2cc34)c1. The van der Waals surface area contributed by atoms with Gasteiger partial charge in [-0.25, -0.2) is 0 Å². The number of aromatic hydroxyl groups is 1. The van der Waals surface area contributed by atoms with Crippen molar-refractivity contribution in [3.8, 4) is 23.3 Å². The smallest absolute Gasteiger partial charge is 0.186 e. The zero-order valence-corrected chi connectivity index (χ0v) is 29.9.